The van der Waals surface area contributed by atoms with Crippen molar-refractivity contribution in [3.05, 3.63) is 48.2 Å². The molecule has 0 amide bonds. The summed E-state index contributed by atoms with van der Waals surface area (Å²) in [5.74, 6) is 1.07. The molecule has 21 heavy (non-hydrogen) atoms. The van der Waals surface area contributed by atoms with Gasteiger partial charge in [0.15, 0.2) is 0 Å². The van der Waals surface area contributed by atoms with Crippen LogP contribution in [0, 0.1) is 0 Å². The van der Waals surface area contributed by atoms with Crippen molar-refractivity contribution in [2.45, 2.75) is 19.4 Å². The largest absolute Gasteiger partial charge is 0.492 e. The van der Waals surface area contributed by atoms with Crippen LogP contribution in [0.15, 0.2) is 42.6 Å². The molecule has 2 aromatic rings. The van der Waals surface area contributed by atoms with Gasteiger partial charge in [0.1, 0.15) is 11.5 Å². The molecule has 0 bridgehead atoms. The lowest BCUT2D eigenvalue weighted by atomic mass is 9.79. The van der Waals surface area contributed by atoms with Gasteiger partial charge in [0.05, 0.1) is 6.10 Å². The summed E-state index contributed by atoms with van der Waals surface area (Å²) in [7, 11) is -1.03. The van der Waals surface area contributed by atoms with Gasteiger partial charge in [-0.2, -0.15) is 0 Å². The molecular formula is C15H14BNO4. The van der Waals surface area contributed by atoms with Crippen LogP contribution < -0.4 is 10.2 Å². The van der Waals surface area contributed by atoms with Crippen LogP contribution in [0.25, 0.3) is 0 Å². The van der Waals surface area contributed by atoms with Crippen molar-refractivity contribution in [2.24, 2.45) is 0 Å². The smallest absolute Gasteiger partial charge is 0.439 e. The fraction of sp³-hybridized carbons (Fsp3) is 0.200. The SMILES string of the molecule is CC(=O)C[C@H]1OB(O)c2cc(Oc3ccccn3)ccc21. The fourth-order valence-corrected chi connectivity index (χ4v) is 2.37. The van der Waals surface area contributed by atoms with Crippen LogP contribution in [0.4, 0.5) is 0 Å². The highest BCUT2D eigenvalue weighted by Crippen LogP contribution is 2.29. The quantitative estimate of drug-likeness (QED) is 0.863. The first kappa shape index (κ1) is 13.8. The molecule has 0 spiro atoms. The molecule has 3 rings (SSSR count). The zero-order valence-electron chi connectivity index (χ0n) is 11.5. The second-order valence-electron chi connectivity index (χ2n) is 4.94. The first-order valence-corrected chi connectivity index (χ1v) is 6.69. The zero-order chi connectivity index (χ0) is 14.8. The van der Waals surface area contributed by atoms with E-state index in [1.807, 2.05) is 12.1 Å². The maximum absolute atomic E-state index is 11.2. The van der Waals surface area contributed by atoms with E-state index in [1.165, 1.54) is 6.92 Å². The van der Waals surface area contributed by atoms with Gasteiger partial charge in [-0.1, -0.05) is 12.1 Å². The molecule has 1 aromatic heterocycles. The van der Waals surface area contributed by atoms with Crippen LogP contribution in [-0.2, 0) is 9.45 Å². The van der Waals surface area contributed by atoms with Crippen molar-refractivity contribution in [1.29, 1.82) is 0 Å². The molecule has 1 N–H and O–H groups in total. The molecule has 1 atom stereocenters. The lowest BCUT2D eigenvalue weighted by Crippen LogP contribution is -2.28. The van der Waals surface area contributed by atoms with Crippen molar-refractivity contribution < 1.29 is 19.2 Å². The van der Waals surface area contributed by atoms with Gasteiger partial charge in [-0.15, -0.1) is 0 Å². The van der Waals surface area contributed by atoms with E-state index in [0.29, 0.717) is 17.1 Å². The highest BCUT2D eigenvalue weighted by atomic mass is 16.5. The minimum atomic E-state index is -1.03. The Morgan fingerprint density at radius 2 is 2.29 bits per heavy atom. The summed E-state index contributed by atoms with van der Waals surface area (Å²) in [6, 6.07) is 10.7. The molecule has 0 saturated heterocycles. The number of carbonyl (C=O) groups is 1. The van der Waals surface area contributed by atoms with E-state index in [2.05, 4.69) is 4.98 Å². The number of carbonyl (C=O) groups excluding carboxylic acids is 1. The lowest BCUT2D eigenvalue weighted by molar-refractivity contribution is -0.118. The Kier molecular flexibility index (Phi) is 3.73. The maximum Gasteiger partial charge on any atom is 0.492 e. The first-order valence-electron chi connectivity index (χ1n) is 6.69. The lowest BCUT2D eigenvalue weighted by Gasteiger charge is -2.10. The number of pyridine rings is 1. The molecule has 1 aliphatic heterocycles. The van der Waals surface area contributed by atoms with Crippen molar-refractivity contribution in [3.63, 3.8) is 0 Å². The fourth-order valence-electron chi connectivity index (χ4n) is 2.37. The molecule has 6 heteroatoms. The Bertz CT molecular complexity index is 662. The van der Waals surface area contributed by atoms with Crippen LogP contribution in [0.3, 0.4) is 0 Å². The van der Waals surface area contributed by atoms with E-state index in [9.17, 15) is 9.82 Å². The second kappa shape index (κ2) is 5.67. The number of aromatic nitrogens is 1. The number of rotatable bonds is 4. The standard InChI is InChI=1S/C15H14BNO4/c1-10(18)8-14-12-6-5-11(9-13(12)16(19)21-14)20-15-4-2-3-7-17-15/h2-7,9,14,19H,8H2,1H3/t14-/m1/s1. The number of ether oxygens (including phenoxy) is 1. The Balaban J connectivity index is 1.85. The summed E-state index contributed by atoms with van der Waals surface area (Å²) >= 11 is 0. The number of benzene rings is 1. The van der Waals surface area contributed by atoms with E-state index >= 15 is 0 Å². The highest BCUT2D eigenvalue weighted by Gasteiger charge is 2.35. The summed E-state index contributed by atoms with van der Waals surface area (Å²) in [4.78, 5) is 15.3. The summed E-state index contributed by atoms with van der Waals surface area (Å²) in [6.45, 7) is 1.51. The maximum atomic E-state index is 11.2. The highest BCUT2D eigenvalue weighted by molar-refractivity contribution is 6.61. The first-order chi connectivity index (χ1) is 10.1. The van der Waals surface area contributed by atoms with Gasteiger partial charge in [-0.3, -0.25) is 4.79 Å². The predicted molar refractivity (Wildman–Crippen MR) is 77.5 cm³/mol. The van der Waals surface area contributed by atoms with E-state index in [0.717, 1.165) is 5.56 Å². The molecule has 1 aliphatic rings. The Labute approximate surface area is 122 Å². The molecule has 0 radical (unpaired) electrons. The van der Waals surface area contributed by atoms with E-state index in [4.69, 9.17) is 9.39 Å². The normalized spacial score (nSPS) is 16.7. The summed E-state index contributed by atoms with van der Waals surface area (Å²) in [6.07, 6.45) is 1.50. The number of fused-ring (bicyclic) bond motifs is 1. The number of hydrogen-bond acceptors (Lipinski definition) is 5. The van der Waals surface area contributed by atoms with Gasteiger partial charge < -0.3 is 14.4 Å². The summed E-state index contributed by atoms with van der Waals surface area (Å²) < 4.78 is 11.0. The average Bonchev–Trinajstić information content (AvgIpc) is 2.75. The third-order valence-corrected chi connectivity index (χ3v) is 3.30. The number of Topliss-reactive ketones (excluding diaryl/α,β-unsaturated/α-hetero) is 1. The van der Waals surface area contributed by atoms with Crippen molar-refractivity contribution in [2.75, 3.05) is 0 Å². The van der Waals surface area contributed by atoms with Crippen LogP contribution in [0.5, 0.6) is 11.6 Å². The van der Waals surface area contributed by atoms with Gasteiger partial charge in [-0.25, -0.2) is 4.98 Å². The number of ketones is 1. The molecule has 1 aromatic carbocycles. The molecular weight excluding hydrogens is 269 g/mol. The van der Waals surface area contributed by atoms with Crippen molar-refractivity contribution in [1.82, 2.24) is 4.98 Å². The van der Waals surface area contributed by atoms with Crippen LogP contribution in [-0.4, -0.2) is 22.9 Å². The molecule has 0 unspecified atom stereocenters. The van der Waals surface area contributed by atoms with Crippen LogP contribution >= 0.6 is 0 Å². The third kappa shape index (κ3) is 2.96. The molecule has 0 saturated carbocycles. The van der Waals surface area contributed by atoms with Crippen molar-refractivity contribution >= 4 is 18.4 Å². The monoisotopic (exact) mass is 283 g/mol. The van der Waals surface area contributed by atoms with Gasteiger partial charge in [-0.05, 0) is 36.1 Å². The van der Waals surface area contributed by atoms with E-state index in [-0.39, 0.29) is 12.2 Å². The third-order valence-electron chi connectivity index (χ3n) is 3.30. The minimum Gasteiger partial charge on any atom is -0.439 e. The van der Waals surface area contributed by atoms with Gasteiger partial charge in [0.25, 0.3) is 0 Å². The predicted octanol–water partition coefficient (Wildman–Crippen LogP) is 1.61. The Hall–Kier alpha value is -2.18. The van der Waals surface area contributed by atoms with Gasteiger partial charge in [0.2, 0.25) is 5.88 Å². The molecule has 0 fully saturated rings. The zero-order valence-corrected chi connectivity index (χ0v) is 11.5. The summed E-state index contributed by atoms with van der Waals surface area (Å²) in [5.41, 5.74) is 1.46. The number of nitrogens with zero attached hydrogens (tertiary/aromatic N) is 1. The van der Waals surface area contributed by atoms with Gasteiger partial charge in [0, 0.05) is 18.7 Å². The Morgan fingerprint density at radius 3 is 3.00 bits per heavy atom. The number of hydrogen-bond donors (Lipinski definition) is 1. The van der Waals surface area contributed by atoms with Crippen LogP contribution in [0.2, 0.25) is 0 Å². The molecule has 106 valence electrons. The Morgan fingerprint density at radius 1 is 1.43 bits per heavy atom. The second-order valence-corrected chi connectivity index (χ2v) is 4.94. The van der Waals surface area contributed by atoms with Crippen molar-refractivity contribution in [3.8, 4) is 11.6 Å². The van der Waals surface area contributed by atoms with E-state index in [1.54, 1.807) is 30.5 Å². The van der Waals surface area contributed by atoms with Gasteiger partial charge >= 0.3 is 7.12 Å². The average molecular weight is 283 g/mol. The molecule has 2 heterocycles. The molecule has 5 nitrogen and oxygen atoms in total. The summed E-state index contributed by atoms with van der Waals surface area (Å²) in [5, 5.41) is 9.95. The van der Waals surface area contributed by atoms with E-state index < -0.39 is 13.2 Å². The van der Waals surface area contributed by atoms with Crippen LogP contribution in [0.1, 0.15) is 25.0 Å². The molecule has 0 aliphatic carbocycles. The minimum absolute atomic E-state index is 0.0221. The topological polar surface area (TPSA) is 68.7 Å².